The van der Waals surface area contributed by atoms with Gasteiger partial charge in [-0.25, -0.2) is 0 Å². The minimum absolute atomic E-state index is 0.0745. The van der Waals surface area contributed by atoms with Crippen LogP contribution < -0.4 is 10.1 Å². The fraction of sp³-hybridized carbons (Fsp3) is 0.448. The molecule has 0 bridgehead atoms. The van der Waals surface area contributed by atoms with E-state index in [1.54, 1.807) is 17.4 Å². The van der Waals surface area contributed by atoms with Crippen LogP contribution in [0.25, 0.3) is 0 Å². The van der Waals surface area contributed by atoms with E-state index in [1.807, 2.05) is 23.6 Å². The van der Waals surface area contributed by atoms with Gasteiger partial charge in [-0.15, -0.1) is 28.1 Å². The number of nitrogens with one attached hydrogen (secondary N) is 1. The highest BCUT2D eigenvalue weighted by Gasteiger charge is 2.23. The Hall–Kier alpha value is -3.09. The topological polar surface area (TPSA) is 92.8 Å². The van der Waals surface area contributed by atoms with Gasteiger partial charge in [-0.3, -0.25) is 9.36 Å². The Morgan fingerprint density at radius 1 is 1.26 bits per heavy atom. The number of ether oxygens (including phenoxy) is 1. The highest BCUT2D eigenvalue weighted by atomic mass is 32.2. The van der Waals surface area contributed by atoms with Gasteiger partial charge in [-0.05, 0) is 61.3 Å². The van der Waals surface area contributed by atoms with E-state index in [1.165, 1.54) is 28.6 Å². The van der Waals surface area contributed by atoms with E-state index in [9.17, 15) is 10.1 Å². The molecule has 1 aliphatic carbocycles. The van der Waals surface area contributed by atoms with Gasteiger partial charge in [0.25, 0.3) is 0 Å². The largest absolute Gasteiger partial charge is 0.483 e. The first-order chi connectivity index (χ1) is 18.2. The van der Waals surface area contributed by atoms with Crippen molar-refractivity contribution in [2.24, 2.45) is 0 Å². The number of aromatic nitrogens is 3. The zero-order chi connectivity index (χ0) is 27.3. The molecular weight excluding hydrogens is 514 g/mol. The number of anilines is 1. The SMILES string of the molecule is C=CCn1c(SCC(=O)Nc2sc3c(c2C#N)CCCCC3)nnc1C(C)Oc1ccc(C(C)(C)C)cc1. The van der Waals surface area contributed by atoms with Crippen molar-refractivity contribution in [3.8, 4) is 11.8 Å². The summed E-state index contributed by atoms with van der Waals surface area (Å²) in [5.74, 6) is 1.42. The lowest BCUT2D eigenvalue weighted by Gasteiger charge is -2.20. The Morgan fingerprint density at radius 3 is 2.68 bits per heavy atom. The first-order valence-electron chi connectivity index (χ1n) is 13.0. The second-order valence-electron chi connectivity index (χ2n) is 10.5. The number of carbonyl (C=O) groups excluding carboxylic acids is 1. The summed E-state index contributed by atoms with van der Waals surface area (Å²) in [4.78, 5) is 14.1. The lowest BCUT2D eigenvalue weighted by Crippen LogP contribution is -2.15. The molecule has 7 nitrogen and oxygen atoms in total. The molecule has 2 heterocycles. The van der Waals surface area contributed by atoms with Crippen LogP contribution in [0.5, 0.6) is 5.75 Å². The molecule has 0 fully saturated rings. The molecule has 1 N–H and O–H groups in total. The van der Waals surface area contributed by atoms with Gasteiger partial charge < -0.3 is 10.1 Å². The minimum Gasteiger partial charge on any atom is -0.483 e. The van der Waals surface area contributed by atoms with Crippen LogP contribution in [0.2, 0.25) is 0 Å². The number of thioether (sulfide) groups is 1. The van der Waals surface area contributed by atoms with Crippen molar-refractivity contribution < 1.29 is 9.53 Å². The minimum atomic E-state index is -0.342. The van der Waals surface area contributed by atoms with Crippen molar-refractivity contribution in [3.63, 3.8) is 0 Å². The van der Waals surface area contributed by atoms with Crippen molar-refractivity contribution in [1.29, 1.82) is 5.26 Å². The molecule has 0 radical (unpaired) electrons. The molecular formula is C29H35N5O2S2. The molecule has 1 aliphatic rings. The van der Waals surface area contributed by atoms with Crippen LogP contribution in [0.1, 0.15) is 80.5 Å². The predicted octanol–water partition coefficient (Wildman–Crippen LogP) is 6.83. The number of nitriles is 1. The van der Waals surface area contributed by atoms with Crippen molar-refractivity contribution in [1.82, 2.24) is 14.8 Å². The third kappa shape index (κ3) is 6.48. The zero-order valence-corrected chi connectivity index (χ0v) is 24.2. The maximum atomic E-state index is 12.8. The monoisotopic (exact) mass is 549 g/mol. The summed E-state index contributed by atoms with van der Waals surface area (Å²) >= 11 is 2.86. The Bertz CT molecular complexity index is 1330. The van der Waals surface area contributed by atoms with Crippen LogP contribution in [0, 0.1) is 11.3 Å². The lowest BCUT2D eigenvalue weighted by molar-refractivity contribution is -0.113. The van der Waals surface area contributed by atoms with Gasteiger partial charge in [0.15, 0.2) is 17.1 Å². The predicted molar refractivity (Wildman–Crippen MR) is 154 cm³/mol. The van der Waals surface area contributed by atoms with E-state index in [0.29, 0.717) is 28.1 Å². The fourth-order valence-corrected chi connectivity index (χ4v) is 6.55. The molecule has 0 saturated carbocycles. The maximum absolute atomic E-state index is 12.8. The summed E-state index contributed by atoms with van der Waals surface area (Å²) in [6.45, 7) is 12.8. The van der Waals surface area contributed by atoms with E-state index in [-0.39, 0.29) is 23.2 Å². The second-order valence-corrected chi connectivity index (χ2v) is 12.5. The van der Waals surface area contributed by atoms with Crippen LogP contribution in [0.4, 0.5) is 5.00 Å². The van der Waals surface area contributed by atoms with Crippen molar-refractivity contribution in [2.75, 3.05) is 11.1 Å². The number of allylic oxidation sites excluding steroid dienone is 1. The third-order valence-corrected chi connectivity index (χ3v) is 8.75. The molecule has 200 valence electrons. The first-order valence-corrected chi connectivity index (χ1v) is 14.8. The van der Waals surface area contributed by atoms with Gasteiger partial charge in [0.2, 0.25) is 5.91 Å². The van der Waals surface area contributed by atoms with Gasteiger partial charge in [0.05, 0.1) is 11.3 Å². The number of carbonyl (C=O) groups is 1. The number of rotatable bonds is 9. The first kappa shape index (κ1) is 27.9. The average molecular weight is 550 g/mol. The highest BCUT2D eigenvalue weighted by molar-refractivity contribution is 7.99. The zero-order valence-electron chi connectivity index (χ0n) is 22.5. The fourth-order valence-electron chi connectivity index (χ4n) is 4.54. The standard InChI is InChI=1S/C29H35N5O2S2/c1-6-16-34-26(19(2)36-21-14-12-20(13-15-21)29(3,4)5)32-33-28(34)37-18-25(35)31-27-23(17-30)22-10-8-7-9-11-24(22)38-27/h6,12-15,19H,1,7-11,16,18H2,2-5H3,(H,31,35). The molecule has 9 heteroatoms. The number of benzene rings is 1. The van der Waals surface area contributed by atoms with Crippen molar-refractivity contribution in [2.45, 2.75) is 83.0 Å². The number of amides is 1. The van der Waals surface area contributed by atoms with Crippen molar-refractivity contribution in [3.05, 3.63) is 64.3 Å². The van der Waals surface area contributed by atoms with E-state index >= 15 is 0 Å². The molecule has 1 amide bonds. The van der Waals surface area contributed by atoms with Gasteiger partial charge in [-0.2, -0.15) is 5.26 Å². The van der Waals surface area contributed by atoms with Crippen LogP contribution in [-0.2, 0) is 29.6 Å². The smallest absolute Gasteiger partial charge is 0.235 e. The third-order valence-electron chi connectivity index (χ3n) is 6.57. The van der Waals surface area contributed by atoms with Gasteiger partial charge in [0.1, 0.15) is 16.8 Å². The Balaban J connectivity index is 1.42. The van der Waals surface area contributed by atoms with E-state index in [4.69, 9.17) is 4.74 Å². The lowest BCUT2D eigenvalue weighted by atomic mass is 9.87. The molecule has 0 aliphatic heterocycles. The highest BCUT2D eigenvalue weighted by Crippen LogP contribution is 2.37. The van der Waals surface area contributed by atoms with Crippen LogP contribution in [0.3, 0.4) is 0 Å². The van der Waals surface area contributed by atoms with Crippen LogP contribution >= 0.6 is 23.1 Å². The summed E-state index contributed by atoms with van der Waals surface area (Å²) in [5.41, 5.74) is 3.06. The Labute approximate surface area is 233 Å². The summed E-state index contributed by atoms with van der Waals surface area (Å²) in [6.07, 6.45) is 6.73. The molecule has 4 rings (SSSR count). The Kier molecular flexibility index (Phi) is 8.95. The number of thiophene rings is 1. The number of nitrogens with zero attached hydrogens (tertiary/aromatic N) is 4. The number of fused-ring (bicyclic) bond motifs is 1. The van der Waals surface area contributed by atoms with E-state index in [2.05, 4.69) is 61.1 Å². The summed E-state index contributed by atoms with van der Waals surface area (Å²) in [7, 11) is 0. The normalized spacial score (nSPS) is 14.2. The van der Waals surface area contributed by atoms with Gasteiger partial charge in [0, 0.05) is 11.4 Å². The van der Waals surface area contributed by atoms with Gasteiger partial charge in [-0.1, -0.05) is 57.2 Å². The molecule has 1 unspecified atom stereocenters. The number of aryl methyl sites for hydroxylation is 1. The second kappa shape index (κ2) is 12.2. The van der Waals surface area contributed by atoms with Crippen LogP contribution in [-0.4, -0.2) is 26.4 Å². The maximum Gasteiger partial charge on any atom is 0.235 e. The molecule has 38 heavy (non-hydrogen) atoms. The molecule has 1 atom stereocenters. The average Bonchev–Trinajstić information content (AvgIpc) is 3.34. The molecule has 0 spiro atoms. The summed E-state index contributed by atoms with van der Waals surface area (Å²) < 4.78 is 8.10. The molecule has 2 aromatic heterocycles. The summed E-state index contributed by atoms with van der Waals surface area (Å²) in [5, 5.41) is 22.7. The molecule has 3 aromatic rings. The molecule has 0 saturated heterocycles. The summed E-state index contributed by atoms with van der Waals surface area (Å²) in [6, 6.07) is 10.4. The van der Waals surface area contributed by atoms with E-state index in [0.717, 1.165) is 37.0 Å². The number of hydrogen-bond donors (Lipinski definition) is 1. The quantitative estimate of drug-likeness (QED) is 0.179. The van der Waals surface area contributed by atoms with Crippen LogP contribution in [0.15, 0.2) is 42.1 Å². The molecule has 1 aromatic carbocycles. The van der Waals surface area contributed by atoms with E-state index < -0.39 is 0 Å². The van der Waals surface area contributed by atoms with Gasteiger partial charge >= 0.3 is 0 Å². The number of hydrogen-bond acceptors (Lipinski definition) is 7. The van der Waals surface area contributed by atoms with Crippen molar-refractivity contribution >= 4 is 34.0 Å². The Morgan fingerprint density at radius 2 is 2.00 bits per heavy atom.